The number of nitrogens with zero attached hydrogens (tertiary/aromatic N) is 1. The van der Waals surface area contributed by atoms with Gasteiger partial charge >= 0.3 is 0 Å². The normalized spacial score (nSPS) is 21.2. The summed E-state index contributed by atoms with van der Waals surface area (Å²) in [6, 6.07) is 7.97. The third kappa shape index (κ3) is 3.62. The Balaban J connectivity index is 1.71. The molecule has 1 N–H and O–H groups in total. The summed E-state index contributed by atoms with van der Waals surface area (Å²) < 4.78 is 0. The zero-order valence-electron chi connectivity index (χ0n) is 14.7. The number of carbonyl (C=O) groups is 1. The van der Waals surface area contributed by atoms with E-state index in [1.807, 2.05) is 19.2 Å². The second kappa shape index (κ2) is 7.88. The summed E-state index contributed by atoms with van der Waals surface area (Å²) in [7, 11) is 2.01. The largest absolute Gasteiger partial charge is 0.342 e. The molecule has 0 unspecified atom stereocenters. The first-order valence-electron chi connectivity index (χ1n) is 9.36. The maximum absolute atomic E-state index is 13.4. The predicted molar refractivity (Wildman–Crippen MR) is 99.4 cm³/mol. The molecule has 3 rings (SSSR count). The molecule has 1 aromatic carbocycles. The van der Waals surface area contributed by atoms with Crippen molar-refractivity contribution in [3.8, 4) is 0 Å². The van der Waals surface area contributed by atoms with Crippen LogP contribution >= 0.6 is 11.6 Å². The molecule has 1 saturated heterocycles. The number of hydrogen-bond acceptors (Lipinski definition) is 2. The molecule has 2 fully saturated rings. The van der Waals surface area contributed by atoms with Gasteiger partial charge < -0.3 is 10.2 Å². The average molecular weight is 349 g/mol. The quantitative estimate of drug-likeness (QED) is 0.872. The molecule has 1 saturated carbocycles. The third-order valence-electron chi connectivity index (χ3n) is 5.97. The molecule has 1 aliphatic carbocycles. The van der Waals surface area contributed by atoms with E-state index in [0.717, 1.165) is 74.7 Å². The van der Waals surface area contributed by atoms with Gasteiger partial charge in [0, 0.05) is 18.1 Å². The number of hydrogen-bond donors (Lipinski definition) is 1. The van der Waals surface area contributed by atoms with Crippen LogP contribution in [-0.4, -0.2) is 37.5 Å². The van der Waals surface area contributed by atoms with Crippen molar-refractivity contribution in [2.45, 2.75) is 50.4 Å². The van der Waals surface area contributed by atoms with E-state index in [4.69, 9.17) is 11.6 Å². The minimum atomic E-state index is -0.303. The molecule has 2 aliphatic rings. The predicted octanol–water partition coefficient (Wildman–Crippen LogP) is 4.00. The Morgan fingerprint density at radius 2 is 1.83 bits per heavy atom. The fourth-order valence-electron chi connectivity index (χ4n) is 4.45. The van der Waals surface area contributed by atoms with Crippen LogP contribution in [0.15, 0.2) is 24.3 Å². The number of rotatable bonds is 5. The van der Waals surface area contributed by atoms with Crippen LogP contribution in [0.3, 0.4) is 0 Å². The van der Waals surface area contributed by atoms with Crippen molar-refractivity contribution < 1.29 is 4.79 Å². The minimum absolute atomic E-state index is 0.303. The van der Waals surface area contributed by atoms with Crippen molar-refractivity contribution >= 4 is 17.5 Å². The van der Waals surface area contributed by atoms with Gasteiger partial charge in [0.15, 0.2) is 0 Å². The molecule has 0 bridgehead atoms. The molecule has 132 valence electrons. The molecule has 0 aromatic heterocycles. The fourth-order valence-corrected chi connectivity index (χ4v) is 4.58. The lowest BCUT2D eigenvalue weighted by Gasteiger charge is -2.39. The first-order valence-corrected chi connectivity index (χ1v) is 9.73. The van der Waals surface area contributed by atoms with E-state index < -0.39 is 0 Å². The summed E-state index contributed by atoms with van der Waals surface area (Å²) in [4.78, 5) is 15.5. The molecule has 1 amide bonds. The molecule has 1 heterocycles. The maximum Gasteiger partial charge on any atom is 0.233 e. The lowest BCUT2D eigenvalue weighted by atomic mass is 9.77. The monoisotopic (exact) mass is 348 g/mol. The highest BCUT2D eigenvalue weighted by Gasteiger charge is 2.45. The van der Waals surface area contributed by atoms with E-state index in [1.54, 1.807) is 0 Å². The van der Waals surface area contributed by atoms with Crippen molar-refractivity contribution in [2.24, 2.45) is 5.92 Å². The molecule has 0 spiro atoms. The van der Waals surface area contributed by atoms with Gasteiger partial charge in [0.25, 0.3) is 0 Å². The summed E-state index contributed by atoms with van der Waals surface area (Å²) in [5, 5.41) is 3.97. The van der Waals surface area contributed by atoms with E-state index in [9.17, 15) is 4.79 Å². The molecular weight excluding hydrogens is 320 g/mol. The van der Waals surface area contributed by atoms with Gasteiger partial charge in [-0.25, -0.2) is 0 Å². The molecule has 24 heavy (non-hydrogen) atoms. The summed E-state index contributed by atoms with van der Waals surface area (Å²) in [6.45, 7) is 2.92. The maximum atomic E-state index is 13.4. The van der Waals surface area contributed by atoms with Gasteiger partial charge in [-0.1, -0.05) is 36.6 Å². The van der Waals surface area contributed by atoms with Gasteiger partial charge in [0.05, 0.1) is 5.41 Å². The van der Waals surface area contributed by atoms with Gasteiger partial charge in [-0.2, -0.15) is 0 Å². The SMILES string of the molecule is CNCCC1CCN(C(=O)C2(c3ccc(Cl)cc3)CCCC2)CC1. The molecule has 4 heteroatoms. The van der Waals surface area contributed by atoms with E-state index in [1.165, 1.54) is 6.42 Å². The number of piperidine rings is 1. The van der Waals surface area contributed by atoms with Crippen molar-refractivity contribution in [3.05, 3.63) is 34.9 Å². The number of halogens is 1. The van der Waals surface area contributed by atoms with E-state index in [2.05, 4.69) is 22.3 Å². The summed E-state index contributed by atoms with van der Waals surface area (Å²) in [5.41, 5.74) is 0.856. The Kier molecular flexibility index (Phi) is 5.83. The molecule has 0 atom stereocenters. The smallest absolute Gasteiger partial charge is 0.233 e. The number of carbonyl (C=O) groups excluding carboxylic acids is 1. The van der Waals surface area contributed by atoms with Crippen LogP contribution in [0.25, 0.3) is 0 Å². The summed E-state index contributed by atoms with van der Waals surface area (Å²) >= 11 is 6.05. The lowest BCUT2D eigenvalue weighted by Crippen LogP contribution is -2.48. The highest BCUT2D eigenvalue weighted by molar-refractivity contribution is 6.30. The Morgan fingerprint density at radius 1 is 1.21 bits per heavy atom. The second-order valence-corrected chi connectivity index (χ2v) is 7.86. The molecule has 0 radical (unpaired) electrons. The first-order chi connectivity index (χ1) is 11.7. The average Bonchev–Trinajstić information content (AvgIpc) is 3.11. The number of likely N-dealkylation sites (tertiary alicyclic amines) is 1. The van der Waals surface area contributed by atoms with Crippen molar-refractivity contribution in [3.63, 3.8) is 0 Å². The fraction of sp³-hybridized carbons (Fsp3) is 0.650. The highest BCUT2D eigenvalue weighted by atomic mass is 35.5. The minimum Gasteiger partial charge on any atom is -0.342 e. The number of amides is 1. The van der Waals surface area contributed by atoms with Crippen LogP contribution in [0, 0.1) is 5.92 Å². The first kappa shape index (κ1) is 17.8. The molecule has 1 aromatic rings. The molecular formula is C20H29ClN2O. The number of nitrogens with one attached hydrogen (secondary N) is 1. The van der Waals surface area contributed by atoms with E-state index >= 15 is 0 Å². The van der Waals surface area contributed by atoms with Crippen LogP contribution in [0.5, 0.6) is 0 Å². The lowest BCUT2D eigenvalue weighted by molar-refractivity contribution is -0.138. The van der Waals surface area contributed by atoms with Gasteiger partial charge in [-0.3, -0.25) is 4.79 Å². The van der Waals surface area contributed by atoms with Gasteiger partial charge in [-0.15, -0.1) is 0 Å². The molecule has 1 aliphatic heterocycles. The third-order valence-corrected chi connectivity index (χ3v) is 6.22. The van der Waals surface area contributed by atoms with Crippen LogP contribution in [0.2, 0.25) is 5.02 Å². The Bertz CT molecular complexity index is 543. The zero-order valence-corrected chi connectivity index (χ0v) is 15.4. The van der Waals surface area contributed by atoms with Crippen LogP contribution < -0.4 is 5.32 Å². The van der Waals surface area contributed by atoms with Crippen LogP contribution in [-0.2, 0) is 10.2 Å². The topological polar surface area (TPSA) is 32.3 Å². The van der Waals surface area contributed by atoms with E-state index in [0.29, 0.717) is 5.91 Å². The Labute approximate surface area is 150 Å². The Hall–Kier alpha value is -1.06. The second-order valence-electron chi connectivity index (χ2n) is 7.42. The van der Waals surface area contributed by atoms with Crippen LogP contribution in [0.4, 0.5) is 0 Å². The van der Waals surface area contributed by atoms with Gasteiger partial charge in [-0.05, 0) is 69.3 Å². The van der Waals surface area contributed by atoms with Gasteiger partial charge in [0.1, 0.15) is 0 Å². The standard InChI is InChI=1S/C20H29ClN2O/c1-22-13-8-16-9-14-23(15-10-16)19(24)20(11-2-3-12-20)17-4-6-18(21)7-5-17/h4-7,16,22H,2-3,8-15H2,1H3. The van der Waals surface area contributed by atoms with E-state index in [-0.39, 0.29) is 5.41 Å². The summed E-state index contributed by atoms with van der Waals surface area (Å²) in [5.74, 6) is 1.12. The zero-order chi connectivity index (χ0) is 17.0. The van der Waals surface area contributed by atoms with Crippen molar-refractivity contribution in [1.82, 2.24) is 10.2 Å². The number of benzene rings is 1. The van der Waals surface area contributed by atoms with Crippen molar-refractivity contribution in [1.29, 1.82) is 0 Å². The molecule has 3 nitrogen and oxygen atoms in total. The highest BCUT2D eigenvalue weighted by Crippen LogP contribution is 2.43. The van der Waals surface area contributed by atoms with Crippen molar-refractivity contribution in [2.75, 3.05) is 26.7 Å². The summed E-state index contributed by atoms with van der Waals surface area (Å²) in [6.07, 6.45) is 7.76. The van der Waals surface area contributed by atoms with Crippen LogP contribution in [0.1, 0.15) is 50.5 Å². The van der Waals surface area contributed by atoms with Gasteiger partial charge in [0.2, 0.25) is 5.91 Å². The Morgan fingerprint density at radius 3 is 2.42 bits per heavy atom.